The quantitative estimate of drug-likeness (QED) is 0.704. The molecule has 0 radical (unpaired) electrons. The summed E-state index contributed by atoms with van der Waals surface area (Å²) in [6.45, 7) is 5.42. The first-order chi connectivity index (χ1) is 15.1. The lowest BCUT2D eigenvalue weighted by Gasteiger charge is -2.21. The summed E-state index contributed by atoms with van der Waals surface area (Å²) in [4.78, 5) is 17.1. The number of hydrogen-bond acceptors (Lipinski definition) is 6. The molecular weight excluding hydrogens is 392 g/mol. The lowest BCUT2D eigenvalue weighted by atomic mass is 10.1. The fourth-order valence-electron chi connectivity index (χ4n) is 3.73. The van der Waals surface area contributed by atoms with Crippen LogP contribution in [0, 0.1) is 11.3 Å². The number of rotatable bonds is 8. The van der Waals surface area contributed by atoms with Gasteiger partial charge in [-0.1, -0.05) is 18.2 Å². The number of hydrogen-bond donors (Lipinski definition) is 1. The average molecular weight is 423 g/mol. The zero-order chi connectivity index (χ0) is 22.1. The Bertz CT molecular complexity index is 908. The predicted molar refractivity (Wildman–Crippen MR) is 119 cm³/mol. The van der Waals surface area contributed by atoms with E-state index in [1.165, 1.54) is 5.56 Å². The van der Waals surface area contributed by atoms with Crippen molar-refractivity contribution in [2.75, 3.05) is 46.9 Å². The molecule has 7 nitrogen and oxygen atoms in total. The van der Waals surface area contributed by atoms with Crippen molar-refractivity contribution in [3.63, 3.8) is 0 Å². The summed E-state index contributed by atoms with van der Waals surface area (Å²) in [5.74, 6) is 1.35. The van der Waals surface area contributed by atoms with Gasteiger partial charge in [-0.2, -0.15) is 5.26 Å². The normalized spacial score (nSPS) is 15.0. The molecule has 0 saturated carbocycles. The average Bonchev–Trinajstić information content (AvgIpc) is 3.02. The monoisotopic (exact) mass is 422 g/mol. The molecule has 0 unspecified atom stereocenters. The SMILES string of the molecule is COc1ccc(CNC(=O)CN2CCCN(Cc3ccc(C#N)cc3)CC2)cc1OC. The molecule has 0 spiro atoms. The summed E-state index contributed by atoms with van der Waals surface area (Å²) in [6.07, 6.45) is 1.03. The Hall–Kier alpha value is -3.08. The number of carbonyl (C=O) groups is 1. The van der Waals surface area contributed by atoms with E-state index in [9.17, 15) is 4.79 Å². The first-order valence-electron chi connectivity index (χ1n) is 10.5. The third kappa shape index (κ3) is 6.71. The van der Waals surface area contributed by atoms with Gasteiger partial charge in [0.25, 0.3) is 0 Å². The van der Waals surface area contributed by atoms with E-state index in [2.05, 4.69) is 21.2 Å². The van der Waals surface area contributed by atoms with E-state index in [0.29, 0.717) is 30.2 Å². The molecule has 31 heavy (non-hydrogen) atoms. The molecule has 1 aliphatic heterocycles. The summed E-state index contributed by atoms with van der Waals surface area (Å²) in [6, 6.07) is 15.6. The Labute approximate surface area is 184 Å². The molecule has 1 heterocycles. The minimum Gasteiger partial charge on any atom is -0.493 e. The molecule has 0 atom stereocenters. The van der Waals surface area contributed by atoms with Crippen LogP contribution in [0.25, 0.3) is 0 Å². The molecule has 7 heteroatoms. The van der Waals surface area contributed by atoms with Gasteiger partial charge in [0.1, 0.15) is 0 Å². The second kappa shape index (κ2) is 11.3. The van der Waals surface area contributed by atoms with E-state index in [0.717, 1.165) is 44.7 Å². The highest BCUT2D eigenvalue weighted by molar-refractivity contribution is 5.78. The van der Waals surface area contributed by atoms with Crippen LogP contribution in [0.1, 0.15) is 23.1 Å². The van der Waals surface area contributed by atoms with Crippen molar-refractivity contribution in [1.29, 1.82) is 5.26 Å². The van der Waals surface area contributed by atoms with Crippen molar-refractivity contribution in [1.82, 2.24) is 15.1 Å². The maximum absolute atomic E-state index is 12.5. The second-order valence-corrected chi connectivity index (χ2v) is 7.68. The van der Waals surface area contributed by atoms with Crippen LogP contribution in [0.3, 0.4) is 0 Å². The molecule has 0 aliphatic carbocycles. The number of ether oxygens (including phenoxy) is 2. The van der Waals surface area contributed by atoms with Crippen LogP contribution in [0.2, 0.25) is 0 Å². The van der Waals surface area contributed by atoms with Crippen LogP contribution >= 0.6 is 0 Å². The van der Waals surface area contributed by atoms with Crippen LogP contribution in [0.15, 0.2) is 42.5 Å². The highest BCUT2D eigenvalue weighted by Crippen LogP contribution is 2.27. The molecular formula is C24H30N4O3. The highest BCUT2D eigenvalue weighted by Gasteiger charge is 2.17. The first-order valence-corrected chi connectivity index (χ1v) is 10.5. The zero-order valence-electron chi connectivity index (χ0n) is 18.3. The third-order valence-electron chi connectivity index (χ3n) is 5.48. The standard InChI is InChI=1S/C24H30N4O3/c1-30-22-9-8-21(14-23(22)31-2)16-26-24(29)18-28-11-3-10-27(12-13-28)17-20-6-4-19(15-25)5-7-20/h4-9,14H,3,10-13,16-18H2,1-2H3,(H,26,29). The molecule has 3 rings (SSSR count). The van der Waals surface area contributed by atoms with E-state index >= 15 is 0 Å². The molecule has 1 amide bonds. The summed E-state index contributed by atoms with van der Waals surface area (Å²) in [7, 11) is 3.20. The van der Waals surface area contributed by atoms with Crippen LogP contribution in [-0.4, -0.2) is 62.7 Å². The largest absolute Gasteiger partial charge is 0.493 e. The van der Waals surface area contributed by atoms with Gasteiger partial charge in [0, 0.05) is 26.2 Å². The van der Waals surface area contributed by atoms with E-state index in [-0.39, 0.29) is 5.91 Å². The Morgan fingerprint density at radius 2 is 1.65 bits per heavy atom. The van der Waals surface area contributed by atoms with Crippen LogP contribution in [0.4, 0.5) is 0 Å². The minimum atomic E-state index is 0.0235. The van der Waals surface area contributed by atoms with Gasteiger partial charge in [-0.25, -0.2) is 0 Å². The van der Waals surface area contributed by atoms with Crippen molar-refractivity contribution in [3.05, 3.63) is 59.2 Å². The van der Waals surface area contributed by atoms with Gasteiger partial charge >= 0.3 is 0 Å². The topological polar surface area (TPSA) is 77.8 Å². The summed E-state index contributed by atoms with van der Waals surface area (Å²) >= 11 is 0. The lowest BCUT2D eigenvalue weighted by molar-refractivity contribution is -0.122. The summed E-state index contributed by atoms with van der Waals surface area (Å²) < 4.78 is 10.6. The third-order valence-corrected chi connectivity index (χ3v) is 5.48. The number of nitrogens with zero attached hydrogens (tertiary/aromatic N) is 3. The van der Waals surface area contributed by atoms with E-state index in [4.69, 9.17) is 14.7 Å². The number of amides is 1. The van der Waals surface area contributed by atoms with Crippen molar-refractivity contribution in [2.45, 2.75) is 19.5 Å². The van der Waals surface area contributed by atoms with Gasteiger partial charge in [0.2, 0.25) is 5.91 Å². The van der Waals surface area contributed by atoms with Crippen molar-refractivity contribution >= 4 is 5.91 Å². The summed E-state index contributed by atoms with van der Waals surface area (Å²) in [5.41, 5.74) is 2.86. The summed E-state index contributed by atoms with van der Waals surface area (Å²) in [5, 5.41) is 11.9. The van der Waals surface area contributed by atoms with Crippen LogP contribution in [0.5, 0.6) is 11.5 Å². The lowest BCUT2D eigenvalue weighted by Crippen LogP contribution is -2.39. The number of nitriles is 1. The molecule has 2 aromatic rings. The first kappa shape index (κ1) is 22.6. The number of carbonyl (C=O) groups excluding carboxylic acids is 1. The smallest absolute Gasteiger partial charge is 0.234 e. The molecule has 0 aromatic heterocycles. The molecule has 1 saturated heterocycles. The van der Waals surface area contributed by atoms with E-state index < -0.39 is 0 Å². The Morgan fingerprint density at radius 3 is 2.35 bits per heavy atom. The molecule has 1 N–H and O–H groups in total. The molecule has 164 valence electrons. The number of benzene rings is 2. The van der Waals surface area contributed by atoms with E-state index in [1.54, 1.807) is 14.2 Å². The number of methoxy groups -OCH3 is 2. The maximum atomic E-state index is 12.5. The zero-order valence-corrected chi connectivity index (χ0v) is 18.3. The fraction of sp³-hybridized carbons (Fsp3) is 0.417. The molecule has 0 bridgehead atoms. The predicted octanol–water partition coefficient (Wildman–Crippen LogP) is 2.40. The van der Waals surface area contributed by atoms with Gasteiger partial charge in [-0.05, 0) is 54.9 Å². The van der Waals surface area contributed by atoms with Gasteiger partial charge in [-0.3, -0.25) is 14.6 Å². The van der Waals surface area contributed by atoms with Crippen LogP contribution in [-0.2, 0) is 17.9 Å². The van der Waals surface area contributed by atoms with Gasteiger partial charge in [0.05, 0.1) is 32.4 Å². The van der Waals surface area contributed by atoms with Crippen molar-refractivity contribution < 1.29 is 14.3 Å². The van der Waals surface area contributed by atoms with Gasteiger partial charge < -0.3 is 14.8 Å². The number of nitrogens with one attached hydrogen (secondary N) is 1. The maximum Gasteiger partial charge on any atom is 0.234 e. The Balaban J connectivity index is 1.44. The van der Waals surface area contributed by atoms with Crippen molar-refractivity contribution in [2.24, 2.45) is 0 Å². The highest BCUT2D eigenvalue weighted by atomic mass is 16.5. The Kier molecular flexibility index (Phi) is 8.27. The molecule has 1 aliphatic rings. The second-order valence-electron chi connectivity index (χ2n) is 7.68. The minimum absolute atomic E-state index is 0.0235. The van der Waals surface area contributed by atoms with Crippen LogP contribution < -0.4 is 14.8 Å². The van der Waals surface area contributed by atoms with Gasteiger partial charge in [0.15, 0.2) is 11.5 Å². The van der Waals surface area contributed by atoms with Crippen molar-refractivity contribution in [3.8, 4) is 17.6 Å². The van der Waals surface area contributed by atoms with Gasteiger partial charge in [-0.15, -0.1) is 0 Å². The molecule has 2 aromatic carbocycles. The Morgan fingerprint density at radius 1 is 0.968 bits per heavy atom. The fourth-order valence-corrected chi connectivity index (χ4v) is 3.73. The van der Waals surface area contributed by atoms with E-state index in [1.807, 2.05) is 42.5 Å². The molecule has 1 fully saturated rings.